The van der Waals surface area contributed by atoms with Gasteiger partial charge in [0.1, 0.15) is 0 Å². The van der Waals surface area contributed by atoms with Crippen LogP contribution in [0.15, 0.2) is 88.2 Å². The first kappa shape index (κ1) is 23.6. The molecule has 0 spiro atoms. The van der Waals surface area contributed by atoms with Crippen LogP contribution in [0.5, 0.6) is 0 Å². The lowest BCUT2D eigenvalue weighted by atomic mass is 10.1. The fourth-order valence-electron chi connectivity index (χ4n) is 4.53. The lowest BCUT2D eigenvalue weighted by Gasteiger charge is -2.12. The number of para-hydroxylation sites is 1. The summed E-state index contributed by atoms with van der Waals surface area (Å²) in [5.74, 6) is -0.197. The number of halogens is 1. The van der Waals surface area contributed by atoms with E-state index >= 15 is 0 Å². The van der Waals surface area contributed by atoms with Gasteiger partial charge in [-0.3, -0.25) is 14.5 Å². The number of nitrogens with zero attached hydrogens (tertiary/aromatic N) is 2. The first-order valence-electron chi connectivity index (χ1n) is 11.6. The maximum absolute atomic E-state index is 13.1. The molecule has 1 aliphatic heterocycles. The number of hydrogen-bond donors (Lipinski definition) is 0. The van der Waals surface area contributed by atoms with Gasteiger partial charge in [-0.15, -0.1) is 0 Å². The minimum atomic E-state index is -0.197. The minimum Gasteiger partial charge on any atom is -0.340 e. The summed E-state index contributed by atoms with van der Waals surface area (Å²) in [5.41, 5.74) is 5.59. The van der Waals surface area contributed by atoms with Crippen LogP contribution in [0.3, 0.4) is 0 Å². The van der Waals surface area contributed by atoms with Crippen molar-refractivity contribution in [2.24, 2.45) is 0 Å². The van der Waals surface area contributed by atoms with Crippen LogP contribution in [-0.4, -0.2) is 27.2 Å². The molecule has 1 aromatic heterocycles. The van der Waals surface area contributed by atoms with Crippen LogP contribution < -0.4 is 0 Å². The van der Waals surface area contributed by atoms with Gasteiger partial charge in [-0.25, -0.2) is 0 Å². The Morgan fingerprint density at radius 1 is 0.886 bits per heavy atom. The van der Waals surface area contributed by atoms with Crippen LogP contribution in [0.2, 0.25) is 0 Å². The Balaban J connectivity index is 1.40. The number of hydrogen-bond acceptors (Lipinski definition) is 3. The van der Waals surface area contributed by atoms with Crippen LogP contribution in [0.4, 0.5) is 4.79 Å². The van der Waals surface area contributed by atoms with Gasteiger partial charge >= 0.3 is 0 Å². The zero-order chi connectivity index (χ0) is 24.4. The summed E-state index contributed by atoms with van der Waals surface area (Å²) in [7, 11) is 0. The topological polar surface area (TPSA) is 42.3 Å². The number of carbonyl (C=O) groups excluding carboxylic acids is 2. The van der Waals surface area contributed by atoms with Crippen molar-refractivity contribution in [3.8, 4) is 0 Å². The first-order valence-corrected chi connectivity index (χ1v) is 13.2. The fraction of sp³-hybridized carbons (Fsp3) is 0.172. The molecule has 2 amide bonds. The molecule has 4 nitrogen and oxygen atoms in total. The second kappa shape index (κ2) is 10.3. The average Bonchev–Trinajstić information content (AvgIpc) is 3.29. The number of amides is 2. The largest absolute Gasteiger partial charge is 0.340 e. The Hall–Kier alpha value is -3.09. The monoisotopic (exact) mass is 544 g/mol. The van der Waals surface area contributed by atoms with Gasteiger partial charge in [-0.1, -0.05) is 76.6 Å². The molecule has 0 aliphatic carbocycles. The van der Waals surface area contributed by atoms with Gasteiger partial charge in [0.25, 0.3) is 11.1 Å². The number of benzene rings is 3. The smallest absolute Gasteiger partial charge is 0.293 e. The number of rotatable bonds is 7. The summed E-state index contributed by atoms with van der Waals surface area (Å²) < 4.78 is 3.32. The zero-order valence-corrected chi connectivity index (χ0v) is 21.8. The Bertz CT molecular complexity index is 1420. The van der Waals surface area contributed by atoms with E-state index < -0.39 is 0 Å². The number of fused-ring (bicyclic) bond motifs is 1. The Morgan fingerprint density at radius 2 is 1.60 bits per heavy atom. The molecule has 6 heteroatoms. The lowest BCUT2D eigenvalue weighted by Crippen LogP contribution is -2.29. The average molecular weight is 546 g/mol. The number of imide groups is 1. The van der Waals surface area contributed by atoms with Gasteiger partial charge < -0.3 is 4.57 Å². The highest BCUT2D eigenvalue weighted by atomic mass is 79.9. The maximum atomic E-state index is 13.1. The SMILES string of the molecule is Cc1c(/C=C2/SC(=O)N(CCCc3ccccc3)C2=O)c2ccccc2n1Cc1ccc(Br)cc1. The highest BCUT2D eigenvalue weighted by molar-refractivity contribution is 9.10. The second-order valence-corrected chi connectivity index (χ2v) is 10.6. The van der Waals surface area contributed by atoms with Gasteiger partial charge in [0.05, 0.1) is 4.91 Å². The molecule has 0 radical (unpaired) electrons. The normalized spacial score (nSPS) is 15.0. The predicted octanol–water partition coefficient (Wildman–Crippen LogP) is 7.43. The molecule has 0 N–H and O–H groups in total. The summed E-state index contributed by atoms with van der Waals surface area (Å²) in [6.07, 6.45) is 3.49. The highest BCUT2D eigenvalue weighted by Crippen LogP contribution is 2.36. The summed E-state index contributed by atoms with van der Waals surface area (Å²) >= 11 is 4.54. The molecule has 0 atom stereocenters. The van der Waals surface area contributed by atoms with E-state index in [-0.39, 0.29) is 11.1 Å². The molecule has 0 saturated carbocycles. The number of thioether (sulfide) groups is 1. The van der Waals surface area contributed by atoms with Crippen LogP contribution in [-0.2, 0) is 17.8 Å². The molecular weight excluding hydrogens is 520 g/mol. The molecule has 2 heterocycles. The third kappa shape index (κ3) is 5.00. The first-order chi connectivity index (χ1) is 17.0. The van der Waals surface area contributed by atoms with Gasteiger partial charge in [-0.2, -0.15) is 0 Å². The molecule has 5 rings (SSSR count). The van der Waals surface area contributed by atoms with Gasteiger partial charge in [0.15, 0.2) is 0 Å². The Labute approximate surface area is 217 Å². The number of carbonyl (C=O) groups is 2. The molecular formula is C29H25BrN2O2S. The highest BCUT2D eigenvalue weighted by Gasteiger charge is 2.35. The number of aromatic nitrogens is 1. The summed E-state index contributed by atoms with van der Waals surface area (Å²) in [6.45, 7) is 3.24. The van der Waals surface area contributed by atoms with E-state index in [1.807, 2.05) is 48.5 Å². The van der Waals surface area contributed by atoms with Gasteiger partial charge in [-0.05, 0) is 66.9 Å². The van der Waals surface area contributed by atoms with Crippen molar-refractivity contribution in [1.82, 2.24) is 9.47 Å². The minimum absolute atomic E-state index is 0.189. The van der Waals surface area contributed by atoms with E-state index in [9.17, 15) is 9.59 Å². The van der Waals surface area contributed by atoms with Crippen molar-refractivity contribution in [3.63, 3.8) is 0 Å². The number of aryl methyl sites for hydroxylation is 1. The fourth-order valence-corrected chi connectivity index (χ4v) is 5.64. The Morgan fingerprint density at radius 3 is 2.37 bits per heavy atom. The van der Waals surface area contributed by atoms with E-state index in [4.69, 9.17) is 0 Å². The lowest BCUT2D eigenvalue weighted by molar-refractivity contribution is -0.122. The standard InChI is InChI=1S/C29H25BrN2O2S/c1-20-25(24-11-5-6-12-26(24)32(20)19-22-13-15-23(30)16-14-22)18-27-28(33)31(29(34)35-27)17-7-10-21-8-3-2-4-9-21/h2-6,8-9,11-16,18H,7,10,17,19H2,1H3/b27-18+. The van der Waals surface area contributed by atoms with E-state index in [1.165, 1.54) is 16.0 Å². The van der Waals surface area contributed by atoms with Crippen LogP contribution in [0.1, 0.15) is 28.8 Å². The van der Waals surface area contributed by atoms with Crippen molar-refractivity contribution in [2.45, 2.75) is 26.3 Å². The molecule has 1 saturated heterocycles. The van der Waals surface area contributed by atoms with Crippen molar-refractivity contribution >= 4 is 55.8 Å². The van der Waals surface area contributed by atoms with Crippen molar-refractivity contribution < 1.29 is 9.59 Å². The predicted molar refractivity (Wildman–Crippen MR) is 147 cm³/mol. The maximum Gasteiger partial charge on any atom is 0.293 e. The van der Waals surface area contributed by atoms with Crippen molar-refractivity contribution in [1.29, 1.82) is 0 Å². The van der Waals surface area contributed by atoms with Gasteiger partial charge in [0.2, 0.25) is 0 Å². The summed E-state index contributed by atoms with van der Waals surface area (Å²) in [5, 5.41) is 0.892. The molecule has 0 bridgehead atoms. The van der Waals surface area contributed by atoms with Crippen LogP contribution >= 0.6 is 27.7 Å². The molecule has 1 fully saturated rings. The third-order valence-electron chi connectivity index (χ3n) is 6.37. The van der Waals surface area contributed by atoms with Crippen LogP contribution in [0, 0.1) is 6.92 Å². The molecule has 3 aromatic carbocycles. The van der Waals surface area contributed by atoms with Crippen LogP contribution in [0.25, 0.3) is 17.0 Å². The van der Waals surface area contributed by atoms with E-state index in [1.54, 1.807) is 0 Å². The van der Waals surface area contributed by atoms with Crippen molar-refractivity contribution in [3.05, 3.63) is 111 Å². The molecule has 0 unspecified atom stereocenters. The molecule has 4 aromatic rings. The van der Waals surface area contributed by atoms with Crippen molar-refractivity contribution in [2.75, 3.05) is 6.54 Å². The van der Waals surface area contributed by atoms with E-state index in [0.717, 1.165) is 57.8 Å². The summed E-state index contributed by atoms with van der Waals surface area (Å²) in [6, 6.07) is 26.7. The molecule has 1 aliphatic rings. The third-order valence-corrected chi connectivity index (χ3v) is 7.81. The summed E-state index contributed by atoms with van der Waals surface area (Å²) in [4.78, 5) is 27.7. The van der Waals surface area contributed by atoms with Gasteiger partial charge in [0, 0.05) is 39.7 Å². The van der Waals surface area contributed by atoms with E-state index in [0.29, 0.717) is 11.4 Å². The molecule has 35 heavy (non-hydrogen) atoms. The van der Waals surface area contributed by atoms with E-state index in [2.05, 4.69) is 63.8 Å². The zero-order valence-electron chi connectivity index (χ0n) is 19.4. The Kier molecular flexibility index (Phi) is 6.93. The second-order valence-electron chi connectivity index (χ2n) is 8.65. The molecule has 176 valence electrons. The quantitative estimate of drug-likeness (QED) is 0.227.